The van der Waals surface area contributed by atoms with Crippen molar-refractivity contribution in [3.05, 3.63) is 23.9 Å². The van der Waals surface area contributed by atoms with Gasteiger partial charge in [-0.25, -0.2) is 4.79 Å². The number of esters is 1. The second kappa shape index (κ2) is 8.80. The minimum absolute atomic E-state index is 0.0638. The van der Waals surface area contributed by atoms with Gasteiger partial charge >= 0.3 is 5.97 Å². The lowest BCUT2D eigenvalue weighted by Crippen LogP contribution is -2.35. The van der Waals surface area contributed by atoms with E-state index in [-0.39, 0.29) is 24.1 Å². The van der Waals surface area contributed by atoms with Crippen LogP contribution in [0.2, 0.25) is 0 Å². The van der Waals surface area contributed by atoms with Crippen molar-refractivity contribution < 1.29 is 14.3 Å². The SMILES string of the molecule is C=C(C(=O)OCC)N(CCC1=CCCCC1)C(=O)CCl. The molecule has 5 heteroatoms. The molecule has 112 valence electrons. The maximum atomic E-state index is 11.8. The topological polar surface area (TPSA) is 46.6 Å². The zero-order valence-electron chi connectivity index (χ0n) is 12.0. The molecule has 0 heterocycles. The van der Waals surface area contributed by atoms with Gasteiger partial charge < -0.3 is 9.64 Å². The summed E-state index contributed by atoms with van der Waals surface area (Å²) in [4.78, 5) is 24.9. The second-order valence-corrected chi connectivity index (χ2v) is 4.97. The van der Waals surface area contributed by atoms with Gasteiger partial charge in [0.15, 0.2) is 0 Å². The lowest BCUT2D eigenvalue weighted by molar-refractivity contribution is -0.143. The smallest absolute Gasteiger partial charge is 0.354 e. The van der Waals surface area contributed by atoms with E-state index in [0.717, 1.165) is 19.3 Å². The predicted octanol–water partition coefficient (Wildman–Crippen LogP) is 3.02. The first kappa shape index (κ1) is 16.8. The van der Waals surface area contributed by atoms with Gasteiger partial charge in [0.2, 0.25) is 5.91 Å². The van der Waals surface area contributed by atoms with Crippen molar-refractivity contribution >= 4 is 23.5 Å². The molecule has 0 aromatic rings. The number of halogens is 1. The van der Waals surface area contributed by atoms with Crippen LogP contribution in [0.15, 0.2) is 23.9 Å². The molecule has 1 aliphatic carbocycles. The number of nitrogens with zero attached hydrogens (tertiary/aromatic N) is 1. The number of carbonyl (C=O) groups excluding carboxylic acids is 2. The molecule has 1 aliphatic rings. The largest absolute Gasteiger partial charge is 0.461 e. The highest BCUT2D eigenvalue weighted by atomic mass is 35.5. The van der Waals surface area contributed by atoms with Crippen LogP contribution in [0.1, 0.15) is 39.0 Å². The summed E-state index contributed by atoms with van der Waals surface area (Å²) < 4.78 is 4.88. The van der Waals surface area contributed by atoms with Gasteiger partial charge in [0.25, 0.3) is 0 Å². The highest BCUT2D eigenvalue weighted by Gasteiger charge is 2.22. The summed E-state index contributed by atoms with van der Waals surface area (Å²) in [5.41, 5.74) is 1.40. The summed E-state index contributed by atoms with van der Waals surface area (Å²) in [5, 5.41) is 0. The van der Waals surface area contributed by atoms with Gasteiger partial charge in [-0.15, -0.1) is 11.6 Å². The summed E-state index contributed by atoms with van der Waals surface area (Å²) >= 11 is 5.60. The molecule has 0 unspecified atom stereocenters. The van der Waals surface area contributed by atoms with Gasteiger partial charge in [-0.2, -0.15) is 0 Å². The molecular formula is C15H22ClNO3. The number of carbonyl (C=O) groups is 2. The van der Waals surface area contributed by atoms with E-state index < -0.39 is 5.97 Å². The van der Waals surface area contributed by atoms with E-state index in [1.165, 1.54) is 23.3 Å². The highest BCUT2D eigenvalue weighted by Crippen LogP contribution is 2.21. The maximum Gasteiger partial charge on any atom is 0.354 e. The Morgan fingerprint density at radius 1 is 1.45 bits per heavy atom. The van der Waals surface area contributed by atoms with Gasteiger partial charge in [-0.3, -0.25) is 4.79 Å². The molecule has 0 radical (unpaired) electrons. The average Bonchev–Trinajstić information content (AvgIpc) is 2.48. The van der Waals surface area contributed by atoms with Crippen molar-refractivity contribution in [2.75, 3.05) is 19.0 Å². The third-order valence-electron chi connectivity index (χ3n) is 3.29. The molecule has 20 heavy (non-hydrogen) atoms. The first-order valence-corrected chi connectivity index (χ1v) is 7.53. The minimum Gasteiger partial charge on any atom is -0.461 e. The molecule has 0 atom stereocenters. The predicted molar refractivity (Wildman–Crippen MR) is 79.4 cm³/mol. The van der Waals surface area contributed by atoms with E-state index in [1.54, 1.807) is 6.92 Å². The standard InChI is InChI=1S/C15H22ClNO3/c1-3-20-15(19)12(2)17(14(18)11-16)10-9-13-7-5-4-6-8-13/h7H,2-6,8-11H2,1H3. The van der Waals surface area contributed by atoms with E-state index >= 15 is 0 Å². The number of ether oxygens (including phenoxy) is 1. The van der Waals surface area contributed by atoms with E-state index in [0.29, 0.717) is 6.54 Å². The maximum absolute atomic E-state index is 11.8. The summed E-state index contributed by atoms with van der Waals surface area (Å²) in [6.45, 7) is 6.05. The quantitative estimate of drug-likeness (QED) is 0.314. The Morgan fingerprint density at radius 3 is 2.75 bits per heavy atom. The summed E-state index contributed by atoms with van der Waals surface area (Å²) in [5.74, 6) is -1.05. The van der Waals surface area contributed by atoms with E-state index in [2.05, 4.69) is 12.7 Å². The third-order valence-corrected chi connectivity index (χ3v) is 3.52. The van der Waals surface area contributed by atoms with Crippen LogP contribution >= 0.6 is 11.6 Å². The van der Waals surface area contributed by atoms with Crippen molar-refractivity contribution in [1.82, 2.24) is 4.90 Å². The molecule has 0 saturated heterocycles. The Balaban J connectivity index is 2.64. The number of rotatable bonds is 7. The van der Waals surface area contributed by atoms with Gasteiger partial charge in [-0.05, 0) is 39.0 Å². The summed E-state index contributed by atoms with van der Waals surface area (Å²) in [6, 6.07) is 0. The molecule has 0 aliphatic heterocycles. The fraction of sp³-hybridized carbons (Fsp3) is 0.600. The molecule has 0 fully saturated rings. The molecule has 0 saturated carbocycles. The van der Waals surface area contributed by atoms with Crippen molar-refractivity contribution in [3.8, 4) is 0 Å². The van der Waals surface area contributed by atoms with Crippen LogP contribution in [0.4, 0.5) is 0 Å². The van der Waals surface area contributed by atoms with Crippen LogP contribution in [-0.4, -0.2) is 35.8 Å². The number of allylic oxidation sites excluding steroid dienone is 1. The van der Waals surface area contributed by atoms with Crippen LogP contribution in [0.25, 0.3) is 0 Å². The number of hydrogen-bond acceptors (Lipinski definition) is 3. The number of amides is 1. The van der Waals surface area contributed by atoms with E-state index in [4.69, 9.17) is 16.3 Å². The van der Waals surface area contributed by atoms with Crippen LogP contribution in [0.3, 0.4) is 0 Å². The fourth-order valence-electron chi connectivity index (χ4n) is 2.19. The van der Waals surface area contributed by atoms with Crippen LogP contribution in [0, 0.1) is 0 Å². The van der Waals surface area contributed by atoms with Gasteiger partial charge in [0.05, 0.1) is 6.61 Å². The Morgan fingerprint density at radius 2 is 2.20 bits per heavy atom. The zero-order valence-corrected chi connectivity index (χ0v) is 12.7. The highest BCUT2D eigenvalue weighted by molar-refractivity contribution is 6.27. The summed E-state index contributed by atoms with van der Waals surface area (Å²) in [7, 11) is 0. The van der Waals surface area contributed by atoms with Crippen molar-refractivity contribution in [2.24, 2.45) is 0 Å². The van der Waals surface area contributed by atoms with Gasteiger partial charge in [0.1, 0.15) is 11.6 Å². The van der Waals surface area contributed by atoms with Gasteiger partial charge in [-0.1, -0.05) is 18.2 Å². The molecule has 0 bridgehead atoms. The first-order valence-electron chi connectivity index (χ1n) is 7.00. The Kier molecular flexibility index (Phi) is 7.37. The normalized spacial score (nSPS) is 14.4. The monoisotopic (exact) mass is 299 g/mol. The number of alkyl halides is 1. The molecule has 1 rings (SSSR count). The molecule has 0 spiro atoms. The van der Waals surface area contributed by atoms with Crippen LogP contribution in [-0.2, 0) is 14.3 Å². The molecule has 4 nitrogen and oxygen atoms in total. The third kappa shape index (κ3) is 5.00. The van der Waals surface area contributed by atoms with E-state index in [1.807, 2.05) is 0 Å². The lowest BCUT2D eigenvalue weighted by Gasteiger charge is -2.24. The number of hydrogen-bond donors (Lipinski definition) is 0. The molecular weight excluding hydrogens is 278 g/mol. The van der Waals surface area contributed by atoms with Crippen LogP contribution in [0.5, 0.6) is 0 Å². The van der Waals surface area contributed by atoms with Crippen molar-refractivity contribution in [2.45, 2.75) is 39.0 Å². The lowest BCUT2D eigenvalue weighted by atomic mass is 9.97. The first-order chi connectivity index (χ1) is 9.60. The minimum atomic E-state index is -0.566. The van der Waals surface area contributed by atoms with E-state index in [9.17, 15) is 9.59 Å². The molecule has 0 aromatic carbocycles. The Bertz CT molecular complexity index is 404. The average molecular weight is 300 g/mol. The van der Waals surface area contributed by atoms with Crippen molar-refractivity contribution in [1.29, 1.82) is 0 Å². The molecule has 1 amide bonds. The zero-order chi connectivity index (χ0) is 15.0. The summed E-state index contributed by atoms with van der Waals surface area (Å²) in [6.07, 6.45) is 7.55. The van der Waals surface area contributed by atoms with Crippen LogP contribution < -0.4 is 0 Å². The second-order valence-electron chi connectivity index (χ2n) is 4.70. The fourth-order valence-corrected chi connectivity index (χ4v) is 2.34. The Hall–Kier alpha value is -1.29. The Labute approximate surface area is 125 Å². The molecule has 0 aromatic heterocycles. The van der Waals surface area contributed by atoms with Gasteiger partial charge in [0, 0.05) is 6.54 Å². The molecule has 0 N–H and O–H groups in total. The van der Waals surface area contributed by atoms with Crippen molar-refractivity contribution in [3.63, 3.8) is 0 Å².